The van der Waals surface area contributed by atoms with Crippen LogP contribution >= 0.6 is 0 Å². The van der Waals surface area contributed by atoms with Crippen molar-refractivity contribution in [1.29, 1.82) is 0 Å². The van der Waals surface area contributed by atoms with Crippen LogP contribution in [-0.4, -0.2) is 75.0 Å². The maximum absolute atomic E-state index is 14.1. The van der Waals surface area contributed by atoms with Gasteiger partial charge in [-0.25, -0.2) is 9.78 Å². The van der Waals surface area contributed by atoms with Gasteiger partial charge in [0.05, 0.1) is 28.8 Å². The molecule has 5 heterocycles. The Morgan fingerprint density at radius 1 is 1.05 bits per heavy atom. The molecule has 1 saturated heterocycles. The molecule has 9 nitrogen and oxygen atoms in total. The molecule has 0 spiro atoms. The summed E-state index contributed by atoms with van der Waals surface area (Å²) in [6.45, 7) is 11.0. The third-order valence-corrected chi connectivity index (χ3v) is 8.53. The van der Waals surface area contributed by atoms with Gasteiger partial charge in [0.2, 0.25) is 0 Å². The molecule has 0 saturated carbocycles. The number of aromatic nitrogens is 3. The van der Waals surface area contributed by atoms with Crippen LogP contribution in [0.5, 0.6) is 0 Å². The lowest BCUT2D eigenvalue weighted by Gasteiger charge is -2.34. The lowest BCUT2D eigenvalue weighted by atomic mass is 9.96. The Morgan fingerprint density at radius 3 is 2.57 bits per heavy atom. The summed E-state index contributed by atoms with van der Waals surface area (Å²) in [6, 6.07) is 9.55. The molecule has 3 aromatic heterocycles. The molecule has 2 aliphatic rings. The predicted octanol–water partition coefficient (Wildman–Crippen LogP) is 6.32. The van der Waals surface area contributed by atoms with E-state index in [0.717, 1.165) is 78.1 Å². The number of aromatic amines is 1. The number of hydrogen-bond donors (Lipinski definition) is 3. The van der Waals surface area contributed by atoms with E-state index in [1.165, 1.54) is 6.07 Å². The molecule has 232 valence electrons. The monoisotopic (exact) mass is 606 g/mol. The summed E-state index contributed by atoms with van der Waals surface area (Å²) in [4.78, 5) is 31.6. The van der Waals surface area contributed by atoms with Gasteiger partial charge in [0.1, 0.15) is 5.65 Å². The Morgan fingerprint density at radius 2 is 1.82 bits per heavy atom. The number of halogens is 3. The SMILES string of the molecule is CCN1CCN(Cc2ccc(NC(=O)N3Cc4cc(Nc5ccnc6[nH]c(C)cc56)cnc4C(C)C3)cc2C(F)(F)F)CC1. The molecule has 2 amide bonds. The number of urea groups is 1. The molecule has 4 aromatic rings. The largest absolute Gasteiger partial charge is 0.416 e. The van der Waals surface area contributed by atoms with Gasteiger partial charge in [-0.15, -0.1) is 0 Å². The highest BCUT2D eigenvalue weighted by molar-refractivity contribution is 5.92. The smallest absolute Gasteiger partial charge is 0.354 e. The second kappa shape index (κ2) is 12.1. The third kappa shape index (κ3) is 6.36. The van der Waals surface area contributed by atoms with Gasteiger partial charge in [0.25, 0.3) is 0 Å². The van der Waals surface area contributed by atoms with Crippen LogP contribution in [0.4, 0.5) is 35.0 Å². The van der Waals surface area contributed by atoms with E-state index in [2.05, 4.69) is 42.3 Å². The van der Waals surface area contributed by atoms with Crippen molar-refractivity contribution in [3.8, 4) is 0 Å². The quantitative estimate of drug-likeness (QED) is 0.238. The van der Waals surface area contributed by atoms with Crippen LogP contribution in [0.2, 0.25) is 0 Å². The summed E-state index contributed by atoms with van der Waals surface area (Å²) in [5.74, 6) is -0.0419. The van der Waals surface area contributed by atoms with Crippen molar-refractivity contribution >= 4 is 34.1 Å². The minimum absolute atomic E-state index is 0.0419. The second-order valence-electron chi connectivity index (χ2n) is 11.8. The molecular weight excluding hydrogens is 569 g/mol. The van der Waals surface area contributed by atoms with Gasteiger partial charge in [-0.2, -0.15) is 13.2 Å². The number of fused-ring (bicyclic) bond motifs is 2. The molecule has 1 atom stereocenters. The molecule has 2 aliphatic heterocycles. The number of benzene rings is 1. The molecule has 44 heavy (non-hydrogen) atoms. The number of hydrogen-bond acceptors (Lipinski definition) is 6. The van der Waals surface area contributed by atoms with Crippen molar-refractivity contribution < 1.29 is 18.0 Å². The first kappa shape index (κ1) is 29.9. The highest BCUT2D eigenvalue weighted by Crippen LogP contribution is 2.35. The molecule has 1 aromatic carbocycles. The zero-order valence-corrected chi connectivity index (χ0v) is 25.1. The molecule has 0 radical (unpaired) electrons. The zero-order valence-electron chi connectivity index (χ0n) is 25.1. The van der Waals surface area contributed by atoms with Crippen LogP contribution in [0.1, 0.15) is 47.8 Å². The summed E-state index contributed by atoms with van der Waals surface area (Å²) in [7, 11) is 0. The maximum atomic E-state index is 14.1. The van der Waals surface area contributed by atoms with Crippen molar-refractivity contribution in [2.24, 2.45) is 0 Å². The number of pyridine rings is 2. The number of carbonyl (C=O) groups excluding carboxylic acids is 1. The first-order valence-electron chi connectivity index (χ1n) is 15.0. The number of H-pyrrole nitrogens is 1. The summed E-state index contributed by atoms with van der Waals surface area (Å²) < 4.78 is 42.4. The Hall–Kier alpha value is -4.16. The number of amides is 2. The number of aryl methyl sites for hydroxylation is 1. The average molecular weight is 607 g/mol. The Labute approximate surface area is 254 Å². The molecule has 0 aliphatic carbocycles. The van der Waals surface area contributed by atoms with E-state index in [0.29, 0.717) is 6.54 Å². The van der Waals surface area contributed by atoms with E-state index in [9.17, 15) is 18.0 Å². The lowest BCUT2D eigenvalue weighted by Crippen LogP contribution is -2.45. The lowest BCUT2D eigenvalue weighted by molar-refractivity contribution is -0.138. The number of nitrogens with one attached hydrogen (secondary N) is 3. The van der Waals surface area contributed by atoms with Crippen molar-refractivity contribution in [2.75, 3.05) is 49.9 Å². The number of piperazine rings is 1. The molecule has 6 rings (SSSR count). The number of rotatable bonds is 6. The molecule has 3 N–H and O–H groups in total. The first-order valence-corrected chi connectivity index (χ1v) is 15.0. The minimum Gasteiger partial charge on any atom is -0.354 e. The van der Waals surface area contributed by atoms with E-state index in [4.69, 9.17) is 0 Å². The van der Waals surface area contributed by atoms with Crippen molar-refractivity contribution in [3.63, 3.8) is 0 Å². The van der Waals surface area contributed by atoms with Crippen LogP contribution in [0.25, 0.3) is 11.0 Å². The highest BCUT2D eigenvalue weighted by atomic mass is 19.4. The molecule has 12 heteroatoms. The van der Waals surface area contributed by atoms with Gasteiger partial charge in [0.15, 0.2) is 0 Å². The fourth-order valence-electron chi connectivity index (χ4n) is 6.19. The number of carbonyl (C=O) groups is 1. The van der Waals surface area contributed by atoms with E-state index in [1.54, 1.807) is 23.4 Å². The van der Waals surface area contributed by atoms with Crippen LogP contribution in [0.15, 0.2) is 48.8 Å². The second-order valence-corrected chi connectivity index (χ2v) is 11.8. The van der Waals surface area contributed by atoms with Gasteiger partial charge in [-0.1, -0.05) is 19.9 Å². The van der Waals surface area contributed by atoms with Crippen LogP contribution in [0, 0.1) is 6.92 Å². The van der Waals surface area contributed by atoms with Crippen LogP contribution < -0.4 is 10.6 Å². The molecular formula is C32H37F3N8O. The standard InChI is InChI=1S/C32H37F3N8O/c1-4-41-9-11-42(12-10-41)18-22-5-6-24(15-27(22)32(33,34)35)40-31(44)43-17-20(2)29-23(19-43)14-25(16-37-29)39-28-7-8-36-30-26(28)13-21(3)38-30/h5-8,13-16,20H,4,9-12,17-19H2,1-3H3,(H,40,44)(H2,36,38,39). The maximum Gasteiger partial charge on any atom is 0.416 e. The summed E-state index contributed by atoms with van der Waals surface area (Å²) >= 11 is 0. The Kier molecular flexibility index (Phi) is 8.21. The minimum atomic E-state index is -4.53. The van der Waals surface area contributed by atoms with Crippen molar-refractivity contribution in [1.82, 2.24) is 29.7 Å². The Bertz CT molecular complexity index is 1660. The van der Waals surface area contributed by atoms with Crippen LogP contribution in [0.3, 0.4) is 0 Å². The van der Waals surface area contributed by atoms with Crippen molar-refractivity contribution in [2.45, 2.75) is 46.0 Å². The fraction of sp³-hybridized carbons (Fsp3) is 0.406. The number of nitrogens with zero attached hydrogens (tertiary/aromatic N) is 5. The van der Waals surface area contributed by atoms with Gasteiger partial charge < -0.3 is 25.4 Å². The summed E-state index contributed by atoms with van der Waals surface area (Å²) in [5.41, 5.74) is 4.85. The third-order valence-electron chi connectivity index (χ3n) is 8.53. The average Bonchev–Trinajstić information content (AvgIpc) is 3.39. The molecule has 0 bridgehead atoms. The summed E-state index contributed by atoms with van der Waals surface area (Å²) in [6.07, 6.45) is -1.03. The van der Waals surface area contributed by atoms with Crippen LogP contribution in [-0.2, 0) is 19.3 Å². The fourth-order valence-corrected chi connectivity index (χ4v) is 6.19. The number of anilines is 3. The Balaban J connectivity index is 1.16. The zero-order chi connectivity index (χ0) is 31.0. The number of alkyl halides is 3. The highest BCUT2D eigenvalue weighted by Gasteiger charge is 2.35. The van der Waals surface area contributed by atoms with E-state index >= 15 is 0 Å². The normalized spacial score (nSPS) is 18.0. The van der Waals surface area contributed by atoms with Gasteiger partial charge in [-0.05, 0) is 54.9 Å². The van der Waals surface area contributed by atoms with E-state index in [-0.39, 0.29) is 30.3 Å². The van der Waals surface area contributed by atoms with Gasteiger partial charge in [0, 0.05) is 74.7 Å². The predicted molar refractivity (Wildman–Crippen MR) is 165 cm³/mol. The van der Waals surface area contributed by atoms with Crippen molar-refractivity contribution in [3.05, 3.63) is 76.9 Å². The molecule has 1 unspecified atom stereocenters. The van der Waals surface area contributed by atoms with Gasteiger partial charge in [-0.3, -0.25) is 9.88 Å². The van der Waals surface area contributed by atoms with E-state index < -0.39 is 17.8 Å². The van der Waals surface area contributed by atoms with E-state index in [1.807, 2.05) is 32.0 Å². The first-order chi connectivity index (χ1) is 21.1. The van der Waals surface area contributed by atoms with Gasteiger partial charge >= 0.3 is 12.2 Å². The topological polar surface area (TPSA) is 92.4 Å². The summed E-state index contributed by atoms with van der Waals surface area (Å²) in [5, 5.41) is 7.09. The molecule has 1 fully saturated rings. The number of likely N-dealkylation sites (N-methyl/N-ethyl adjacent to an activating group) is 1.